The topological polar surface area (TPSA) is 70.2 Å². The number of rotatable bonds is 6. The van der Waals surface area contributed by atoms with E-state index in [9.17, 15) is 9.59 Å². The summed E-state index contributed by atoms with van der Waals surface area (Å²) in [5.41, 5.74) is 0.202. The van der Waals surface area contributed by atoms with E-state index in [-0.39, 0.29) is 35.3 Å². The van der Waals surface area contributed by atoms with Crippen molar-refractivity contribution in [3.8, 4) is 0 Å². The lowest BCUT2D eigenvalue weighted by molar-refractivity contribution is -0.121. The van der Waals surface area contributed by atoms with Crippen molar-refractivity contribution in [2.45, 2.75) is 45.2 Å². The zero-order valence-corrected chi connectivity index (χ0v) is 16.2. The van der Waals surface area contributed by atoms with Crippen molar-refractivity contribution in [1.82, 2.24) is 16.0 Å². The maximum Gasteiger partial charge on any atom is 0.248 e. The first kappa shape index (κ1) is 20.7. The normalized spacial score (nSPS) is 17.6. The lowest BCUT2D eigenvalue weighted by Gasteiger charge is -2.27. The highest BCUT2D eigenvalue weighted by atomic mass is 35.5. The molecule has 0 unspecified atom stereocenters. The Balaban J connectivity index is 0.00000288. The van der Waals surface area contributed by atoms with Gasteiger partial charge in [0.05, 0.1) is 6.42 Å². The number of carbonyl (C=O) groups is 2. The first-order valence-corrected chi connectivity index (χ1v) is 8.67. The van der Waals surface area contributed by atoms with Crippen LogP contribution in [0.1, 0.15) is 32.6 Å². The fourth-order valence-electron chi connectivity index (χ4n) is 2.91. The Bertz CT molecular complexity index is 609. The molecule has 0 saturated heterocycles. The third kappa shape index (κ3) is 5.61. The van der Waals surface area contributed by atoms with Gasteiger partial charge in [-0.1, -0.05) is 12.1 Å². The van der Waals surface area contributed by atoms with Gasteiger partial charge in [0.15, 0.2) is 0 Å². The van der Waals surface area contributed by atoms with Gasteiger partial charge in [-0.05, 0) is 39.1 Å². The van der Waals surface area contributed by atoms with E-state index < -0.39 is 0 Å². The smallest absolute Gasteiger partial charge is 0.248 e. The highest BCUT2D eigenvalue weighted by molar-refractivity contribution is 7.10. The van der Waals surface area contributed by atoms with Gasteiger partial charge in [-0.3, -0.25) is 14.9 Å². The second-order valence-corrected chi connectivity index (χ2v) is 7.92. The number of thiophene rings is 1. The maximum absolute atomic E-state index is 12.3. The molecule has 0 saturated carbocycles. The van der Waals surface area contributed by atoms with Crippen LogP contribution in [0, 0.1) is 0 Å². The number of hydrogen-bond acceptors (Lipinski definition) is 4. The number of amides is 2. The first-order chi connectivity index (χ1) is 10.7. The summed E-state index contributed by atoms with van der Waals surface area (Å²) in [5.74, 6) is -0.106. The molecule has 1 aliphatic heterocycles. The summed E-state index contributed by atoms with van der Waals surface area (Å²) in [6, 6.07) is 3.87. The van der Waals surface area contributed by atoms with E-state index in [1.807, 2.05) is 51.3 Å². The van der Waals surface area contributed by atoms with Crippen LogP contribution >= 0.6 is 23.7 Å². The average molecular weight is 372 g/mol. The minimum Gasteiger partial charge on any atom is -0.354 e. The largest absolute Gasteiger partial charge is 0.354 e. The Morgan fingerprint density at radius 2 is 1.83 bits per heavy atom. The molecule has 1 aromatic rings. The van der Waals surface area contributed by atoms with E-state index in [4.69, 9.17) is 0 Å². The first-order valence-electron chi connectivity index (χ1n) is 7.79. The minimum atomic E-state index is -0.351. The van der Waals surface area contributed by atoms with Gasteiger partial charge in [0, 0.05) is 34.6 Å². The van der Waals surface area contributed by atoms with Gasteiger partial charge < -0.3 is 10.6 Å². The molecule has 0 bridgehead atoms. The van der Waals surface area contributed by atoms with Gasteiger partial charge in [0.25, 0.3) is 0 Å². The molecule has 1 aromatic heterocycles. The van der Waals surface area contributed by atoms with Crippen LogP contribution in [0.2, 0.25) is 0 Å². The van der Waals surface area contributed by atoms with Crippen LogP contribution < -0.4 is 16.0 Å². The van der Waals surface area contributed by atoms with Crippen LogP contribution in [-0.2, 0) is 16.0 Å². The third-order valence-electron chi connectivity index (χ3n) is 3.71. The van der Waals surface area contributed by atoms with E-state index in [1.165, 1.54) is 0 Å². The number of halogens is 1. The lowest BCUT2D eigenvalue weighted by atomic mass is 9.96. The average Bonchev–Trinajstić information content (AvgIpc) is 2.99. The summed E-state index contributed by atoms with van der Waals surface area (Å²) in [6.45, 7) is 8.93. The number of hydrogen-bond donors (Lipinski definition) is 3. The Morgan fingerprint density at radius 1 is 1.17 bits per heavy atom. The highest BCUT2D eigenvalue weighted by Crippen LogP contribution is 2.29. The van der Waals surface area contributed by atoms with Crippen LogP contribution in [0.3, 0.4) is 0 Å². The van der Waals surface area contributed by atoms with Gasteiger partial charge in [-0.15, -0.1) is 23.7 Å². The summed E-state index contributed by atoms with van der Waals surface area (Å²) < 4.78 is 0. The molecule has 0 atom stereocenters. The van der Waals surface area contributed by atoms with Crippen LogP contribution in [0.5, 0.6) is 0 Å². The van der Waals surface area contributed by atoms with Crippen molar-refractivity contribution in [3.63, 3.8) is 0 Å². The fourth-order valence-corrected chi connectivity index (χ4v) is 3.61. The molecule has 0 radical (unpaired) electrons. The van der Waals surface area contributed by atoms with Gasteiger partial charge >= 0.3 is 0 Å². The molecular formula is C17H26ClN3O2S. The highest BCUT2D eigenvalue weighted by Gasteiger charge is 2.39. The molecule has 2 amide bonds. The van der Waals surface area contributed by atoms with Crippen molar-refractivity contribution < 1.29 is 9.59 Å². The molecule has 0 aliphatic carbocycles. The summed E-state index contributed by atoms with van der Waals surface area (Å²) in [5, 5.41) is 11.1. The van der Waals surface area contributed by atoms with Gasteiger partial charge in [-0.25, -0.2) is 0 Å². The number of carbonyl (C=O) groups excluding carboxylic acids is 2. The molecule has 5 nitrogen and oxygen atoms in total. The van der Waals surface area contributed by atoms with Crippen LogP contribution in [0.25, 0.3) is 0 Å². The van der Waals surface area contributed by atoms with E-state index in [0.717, 1.165) is 10.5 Å². The third-order valence-corrected chi connectivity index (χ3v) is 4.58. The summed E-state index contributed by atoms with van der Waals surface area (Å²) in [4.78, 5) is 25.1. The monoisotopic (exact) mass is 371 g/mol. The molecule has 3 N–H and O–H groups in total. The van der Waals surface area contributed by atoms with Crippen molar-refractivity contribution in [3.05, 3.63) is 34.0 Å². The Labute approximate surface area is 153 Å². The zero-order chi connectivity index (χ0) is 17.1. The van der Waals surface area contributed by atoms with Crippen LogP contribution in [-0.4, -0.2) is 36.0 Å². The molecule has 1 aliphatic rings. The van der Waals surface area contributed by atoms with Gasteiger partial charge in [0.1, 0.15) is 0 Å². The van der Waals surface area contributed by atoms with Gasteiger partial charge in [0.2, 0.25) is 11.8 Å². The van der Waals surface area contributed by atoms with Crippen molar-refractivity contribution in [2.24, 2.45) is 0 Å². The Kier molecular flexibility index (Phi) is 7.01. The van der Waals surface area contributed by atoms with Crippen molar-refractivity contribution in [2.75, 3.05) is 13.1 Å². The molecule has 0 fully saturated rings. The zero-order valence-electron chi connectivity index (χ0n) is 14.6. The summed E-state index contributed by atoms with van der Waals surface area (Å²) in [6.07, 6.45) is 2.36. The van der Waals surface area contributed by atoms with E-state index in [2.05, 4.69) is 16.0 Å². The molecule has 0 spiro atoms. The fraction of sp³-hybridized carbons (Fsp3) is 0.529. The van der Waals surface area contributed by atoms with Crippen LogP contribution in [0.4, 0.5) is 0 Å². The van der Waals surface area contributed by atoms with Crippen molar-refractivity contribution in [1.29, 1.82) is 0 Å². The van der Waals surface area contributed by atoms with Crippen molar-refractivity contribution >= 4 is 35.6 Å². The molecule has 0 aromatic carbocycles. The number of nitrogens with one attached hydrogen (secondary N) is 3. The lowest BCUT2D eigenvalue weighted by Crippen LogP contribution is -2.48. The summed E-state index contributed by atoms with van der Waals surface area (Å²) >= 11 is 1.57. The van der Waals surface area contributed by atoms with Crippen LogP contribution in [0.15, 0.2) is 29.2 Å². The Hall–Kier alpha value is -1.37. The molecule has 24 heavy (non-hydrogen) atoms. The molecule has 2 heterocycles. The second-order valence-electron chi connectivity index (χ2n) is 6.89. The van der Waals surface area contributed by atoms with E-state index >= 15 is 0 Å². The van der Waals surface area contributed by atoms with E-state index in [1.54, 1.807) is 11.3 Å². The maximum atomic E-state index is 12.3. The standard InChI is InChI=1S/C17H25N3O2S.ClH/c1-16(2)11-13(17(3,4)20-16)15(22)19-8-7-18-14(21)10-12-6-5-9-23-12;/h5-6,9,11,20H,7-8,10H2,1-4H3,(H,18,21)(H,19,22);1H. The molecule has 134 valence electrons. The quantitative estimate of drug-likeness (QED) is 0.670. The summed E-state index contributed by atoms with van der Waals surface area (Å²) in [7, 11) is 0. The predicted molar refractivity (Wildman–Crippen MR) is 101 cm³/mol. The van der Waals surface area contributed by atoms with E-state index in [0.29, 0.717) is 19.5 Å². The Morgan fingerprint density at radius 3 is 2.38 bits per heavy atom. The molecule has 7 heteroatoms. The molecular weight excluding hydrogens is 346 g/mol. The molecule has 2 rings (SSSR count). The minimum absolute atomic E-state index is 0. The second kappa shape index (κ2) is 8.14. The SMILES string of the molecule is CC1(C)C=C(C(=O)NCCNC(=O)Cc2cccs2)C(C)(C)N1.Cl. The van der Waals surface area contributed by atoms with Gasteiger partial charge in [-0.2, -0.15) is 0 Å². The predicted octanol–water partition coefficient (Wildman–Crippen LogP) is 2.03.